The van der Waals surface area contributed by atoms with Crippen LogP contribution in [0.1, 0.15) is 12.5 Å². The van der Waals surface area contributed by atoms with E-state index in [2.05, 4.69) is 33.8 Å². The summed E-state index contributed by atoms with van der Waals surface area (Å²) in [6, 6.07) is 14.0. The molecular weight excluding hydrogens is 272 g/mol. The van der Waals surface area contributed by atoms with Crippen molar-refractivity contribution < 1.29 is 0 Å². The lowest BCUT2D eigenvalue weighted by atomic mass is 10.1. The van der Waals surface area contributed by atoms with Gasteiger partial charge in [0, 0.05) is 34.8 Å². The van der Waals surface area contributed by atoms with Crippen molar-refractivity contribution >= 4 is 18.5 Å². The van der Waals surface area contributed by atoms with Gasteiger partial charge in [-0.2, -0.15) is 5.10 Å². The molecule has 4 heteroatoms. The van der Waals surface area contributed by atoms with E-state index >= 15 is 0 Å². The third-order valence-corrected chi connectivity index (χ3v) is 3.13. The van der Waals surface area contributed by atoms with E-state index in [-0.39, 0.29) is 0 Å². The summed E-state index contributed by atoms with van der Waals surface area (Å²) in [7, 11) is 0. The number of aromatic nitrogens is 1. The van der Waals surface area contributed by atoms with Crippen LogP contribution in [0.5, 0.6) is 0 Å². The fraction of sp³-hybridized carbons (Fsp3) is 0.0556. The second kappa shape index (κ2) is 7.69. The molecule has 0 fully saturated rings. The number of benzene rings is 1. The van der Waals surface area contributed by atoms with E-state index in [0.717, 1.165) is 28.1 Å². The summed E-state index contributed by atoms with van der Waals surface area (Å²) in [5.41, 5.74) is 7.26. The minimum atomic E-state index is 0.781. The molecule has 1 N–H and O–H groups in total. The van der Waals surface area contributed by atoms with Gasteiger partial charge in [0.25, 0.3) is 0 Å². The van der Waals surface area contributed by atoms with Crippen LogP contribution in [0, 0.1) is 0 Å². The molecular formula is C18H18N4. The smallest absolute Gasteiger partial charge is 0.0702 e. The van der Waals surface area contributed by atoms with E-state index in [0.29, 0.717) is 0 Å². The molecule has 22 heavy (non-hydrogen) atoms. The maximum absolute atomic E-state index is 4.52. The number of hydrogen-bond acceptors (Lipinski definition) is 4. The summed E-state index contributed by atoms with van der Waals surface area (Å²) >= 11 is 0. The third kappa shape index (κ3) is 3.76. The predicted octanol–water partition coefficient (Wildman–Crippen LogP) is 3.90. The zero-order valence-electron chi connectivity index (χ0n) is 12.5. The Labute approximate surface area is 130 Å². The summed E-state index contributed by atoms with van der Waals surface area (Å²) in [4.78, 5) is 8.50. The Bertz CT molecular complexity index is 698. The third-order valence-electron chi connectivity index (χ3n) is 3.13. The Kier molecular flexibility index (Phi) is 5.37. The maximum Gasteiger partial charge on any atom is 0.0702 e. The number of pyridine rings is 1. The first kappa shape index (κ1) is 15.4. The van der Waals surface area contributed by atoms with Crippen LogP contribution in [0.25, 0.3) is 16.8 Å². The standard InChI is InChI=1S/C18H18N4/c1-4-21-22-13-17(14(2)19-3)16-10-11-18(20-12-16)15-8-6-5-7-9-15/h4-13,21H,1,3H2,2H3/b17-14-,22-13-. The molecule has 0 atom stereocenters. The summed E-state index contributed by atoms with van der Waals surface area (Å²) in [6.45, 7) is 9.00. The Balaban J connectivity index is 2.34. The number of hydrazone groups is 1. The molecule has 0 saturated heterocycles. The van der Waals surface area contributed by atoms with Gasteiger partial charge in [-0.3, -0.25) is 15.4 Å². The zero-order valence-corrected chi connectivity index (χ0v) is 12.5. The highest BCUT2D eigenvalue weighted by Gasteiger charge is 2.05. The van der Waals surface area contributed by atoms with Crippen LogP contribution in [0.4, 0.5) is 0 Å². The summed E-state index contributed by atoms with van der Waals surface area (Å²) in [5, 5.41) is 4.05. The van der Waals surface area contributed by atoms with Crippen molar-refractivity contribution in [1.29, 1.82) is 0 Å². The van der Waals surface area contributed by atoms with Crippen molar-refractivity contribution in [3.63, 3.8) is 0 Å². The van der Waals surface area contributed by atoms with Gasteiger partial charge < -0.3 is 0 Å². The topological polar surface area (TPSA) is 49.6 Å². The van der Waals surface area contributed by atoms with Crippen molar-refractivity contribution in [2.45, 2.75) is 6.92 Å². The molecule has 0 aliphatic heterocycles. The van der Waals surface area contributed by atoms with Crippen LogP contribution in [-0.2, 0) is 0 Å². The average Bonchev–Trinajstić information content (AvgIpc) is 2.59. The minimum absolute atomic E-state index is 0.781. The minimum Gasteiger partial charge on any atom is -0.286 e. The summed E-state index contributed by atoms with van der Waals surface area (Å²) < 4.78 is 0. The second-order valence-corrected chi connectivity index (χ2v) is 4.55. The Morgan fingerprint density at radius 2 is 1.95 bits per heavy atom. The highest BCUT2D eigenvalue weighted by Crippen LogP contribution is 2.21. The summed E-state index contributed by atoms with van der Waals surface area (Å²) in [6.07, 6.45) is 5.00. The average molecular weight is 290 g/mol. The Morgan fingerprint density at radius 3 is 2.55 bits per heavy atom. The lowest BCUT2D eigenvalue weighted by molar-refractivity contribution is 0.981. The first-order chi connectivity index (χ1) is 10.8. The number of rotatable bonds is 6. The highest BCUT2D eigenvalue weighted by molar-refractivity contribution is 6.10. The number of nitrogens with one attached hydrogen (secondary N) is 1. The molecule has 0 radical (unpaired) electrons. The summed E-state index contributed by atoms with van der Waals surface area (Å²) in [5.74, 6) is 0. The van der Waals surface area contributed by atoms with Gasteiger partial charge in [-0.25, -0.2) is 0 Å². The fourth-order valence-electron chi connectivity index (χ4n) is 1.95. The van der Waals surface area contributed by atoms with Crippen molar-refractivity contribution in [1.82, 2.24) is 10.4 Å². The molecule has 0 unspecified atom stereocenters. The number of aliphatic imine (C=N–C) groups is 1. The van der Waals surface area contributed by atoms with Crippen LogP contribution in [0.3, 0.4) is 0 Å². The van der Waals surface area contributed by atoms with Crippen LogP contribution in [-0.4, -0.2) is 17.9 Å². The van der Waals surface area contributed by atoms with Crippen molar-refractivity contribution in [3.8, 4) is 11.3 Å². The molecule has 4 nitrogen and oxygen atoms in total. The fourth-order valence-corrected chi connectivity index (χ4v) is 1.95. The van der Waals surface area contributed by atoms with Crippen molar-refractivity contribution in [3.05, 3.63) is 72.7 Å². The molecule has 0 aliphatic carbocycles. The molecule has 0 bridgehead atoms. The van der Waals surface area contributed by atoms with Gasteiger partial charge >= 0.3 is 0 Å². The molecule has 0 aliphatic rings. The largest absolute Gasteiger partial charge is 0.286 e. The molecule has 110 valence electrons. The molecule has 2 aromatic rings. The van der Waals surface area contributed by atoms with Gasteiger partial charge in [-0.15, -0.1) is 0 Å². The van der Waals surface area contributed by atoms with E-state index in [1.165, 1.54) is 6.20 Å². The normalized spacial score (nSPS) is 11.9. The van der Waals surface area contributed by atoms with E-state index in [1.807, 2.05) is 55.6 Å². The van der Waals surface area contributed by atoms with E-state index in [1.54, 1.807) is 6.21 Å². The van der Waals surface area contributed by atoms with Gasteiger partial charge in [0.15, 0.2) is 0 Å². The highest BCUT2D eigenvalue weighted by atomic mass is 15.3. The first-order valence-electron chi connectivity index (χ1n) is 6.85. The molecule has 2 rings (SSSR count). The molecule has 1 heterocycles. The van der Waals surface area contributed by atoms with Gasteiger partial charge in [0.1, 0.15) is 0 Å². The van der Waals surface area contributed by atoms with Crippen LogP contribution >= 0.6 is 0 Å². The molecule has 1 aromatic heterocycles. The number of hydrogen-bond donors (Lipinski definition) is 1. The quantitative estimate of drug-likeness (QED) is 0.648. The molecule has 1 aromatic carbocycles. The molecule has 0 saturated carbocycles. The van der Waals surface area contributed by atoms with Crippen LogP contribution in [0.2, 0.25) is 0 Å². The Hall–Kier alpha value is -3.01. The lowest BCUT2D eigenvalue weighted by Gasteiger charge is -2.06. The lowest BCUT2D eigenvalue weighted by Crippen LogP contribution is -1.97. The van der Waals surface area contributed by atoms with E-state index in [4.69, 9.17) is 0 Å². The van der Waals surface area contributed by atoms with Crippen LogP contribution < -0.4 is 5.43 Å². The van der Waals surface area contributed by atoms with Gasteiger partial charge in [-0.05, 0) is 19.7 Å². The predicted molar refractivity (Wildman–Crippen MR) is 93.6 cm³/mol. The van der Waals surface area contributed by atoms with E-state index in [9.17, 15) is 0 Å². The van der Waals surface area contributed by atoms with Crippen LogP contribution in [0.15, 0.2) is 77.2 Å². The number of nitrogens with zero attached hydrogens (tertiary/aromatic N) is 3. The van der Waals surface area contributed by atoms with E-state index < -0.39 is 0 Å². The van der Waals surface area contributed by atoms with Crippen molar-refractivity contribution in [2.24, 2.45) is 10.1 Å². The number of allylic oxidation sites excluding steroid dienone is 2. The van der Waals surface area contributed by atoms with Gasteiger partial charge in [-0.1, -0.05) is 43.0 Å². The monoisotopic (exact) mass is 290 g/mol. The zero-order chi connectivity index (χ0) is 15.8. The SMILES string of the molecule is C=CN/N=C\C(=C(/C)N=C)c1ccc(-c2ccccc2)nc1. The molecule has 0 amide bonds. The maximum atomic E-state index is 4.52. The first-order valence-corrected chi connectivity index (χ1v) is 6.85. The van der Waals surface area contributed by atoms with Gasteiger partial charge in [0.05, 0.1) is 11.9 Å². The molecule has 0 spiro atoms. The Morgan fingerprint density at radius 1 is 1.18 bits per heavy atom. The van der Waals surface area contributed by atoms with Crippen molar-refractivity contribution in [2.75, 3.05) is 0 Å². The second-order valence-electron chi connectivity index (χ2n) is 4.55. The van der Waals surface area contributed by atoms with Gasteiger partial charge in [0.2, 0.25) is 0 Å².